The maximum atomic E-state index is 6.27. The van der Waals surface area contributed by atoms with Gasteiger partial charge in [0, 0.05) is 36.5 Å². The van der Waals surface area contributed by atoms with Crippen LogP contribution in [0.25, 0.3) is 11.0 Å². The van der Waals surface area contributed by atoms with E-state index < -0.39 is 0 Å². The molecule has 0 atom stereocenters. The van der Waals surface area contributed by atoms with Crippen LogP contribution in [-0.4, -0.2) is 32.6 Å². The van der Waals surface area contributed by atoms with Crippen LogP contribution in [0.1, 0.15) is 45.0 Å². The molecule has 1 aliphatic heterocycles. The fourth-order valence-corrected chi connectivity index (χ4v) is 3.58. The van der Waals surface area contributed by atoms with Crippen molar-refractivity contribution < 1.29 is 0 Å². The van der Waals surface area contributed by atoms with Gasteiger partial charge in [-0.15, -0.1) is 0 Å². The predicted octanol–water partition coefficient (Wildman–Crippen LogP) is 4.43. The highest BCUT2D eigenvalue weighted by Gasteiger charge is 2.25. The van der Waals surface area contributed by atoms with E-state index in [1.54, 1.807) is 6.20 Å². The SMILES string of the molecule is CC(C)(C)c1nc(N2CCCC2)c2ccn(Cc3cccnc3Cl)c2n1. The van der Waals surface area contributed by atoms with Crippen molar-refractivity contribution in [3.63, 3.8) is 0 Å². The molecule has 0 bridgehead atoms. The van der Waals surface area contributed by atoms with Crippen LogP contribution >= 0.6 is 11.6 Å². The maximum Gasteiger partial charge on any atom is 0.146 e. The van der Waals surface area contributed by atoms with Crippen molar-refractivity contribution in [2.75, 3.05) is 18.0 Å². The molecule has 0 unspecified atom stereocenters. The zero-order chi connectivity index (χ0) is 18.3. The van der Waals surface area contributed by atoms with Crippen molar-refractivity contribution >= 4 is 28.5 Å². The smallest absolute Gasteiger partial charge is 0.146 e. The molecule has 4 heterocycles. The summed E-state index contributed by atoms with van der Waals surface area (Å²) < 4.78 is 2.15. The number of fused-ring (bicyclic) bond motifs is 1. The first-order chi connectivity index (χ1) is 12.4. The highest BCUT2D eigenvalue weighted by molar-refractivity contribution is 6.30. The lowest BCUT2D eigenvalue weighted by atomic mass is 9.95. The minimum Gasteiger partial charge on any atom is -0.356 e. The number of pyridine rings is 1. The van der Waals surface area contributed by atoms with Crippen LogP contribution < -0.4 is 4.90 Å². The third-order valence-corrected chi connectivity index (χ3v) is 5.19. The van der Waals surface area contributed by atoms with E-state index in [9.17, 15) is 0 Å². The molecule has 0 radical (unpaired) electrons. The lowest BCUT2D eigenvalue weighted by Crippen LogP contribution is -2.23. The van der Waals surface area contributed by atoms with Gasteiger partial charge in [0.25, 0.3) is 0 Å². The summed E-state index contributed by atoms with van der Waals surface area (Å²) >= 11 is 6.27. The normalized spacial score (nSPS) is 15.2. The van der Waals surface area contributed by atoms with Crippen molar-refractivity contribution in [3.8, 4) is 0 Å². The first kappa shape index (κ1) is 17.3. The molecule has 3 aromatic heterocycles. The minimum atomic E-state index is -0.107. The topological polar surface area (TPSA) is 46.8 Å². The van der Waals surface area contributed by atoms with Crippen molar-refractivity contribution in [1.82, 2.24) is 19.5 Å². The average Bonchev–Trinajstić information content (AvgIpc) is 3.25. The number of rotatable bonds is 3. The fourth-order valence-electron chi connectivity index (χ4n) is 3.40. The van der Waals surface area contributed by atoms with E-state index in [1.807, 2.05) is 12.1 Å². The van der Waals surface area contributed by atoms with Gasteiger partial charge in [0.05, 0.1) is 11.9 Å². The van der Waals surface area contributed by atoms with Gasteiger partial charge in [0.15, 0.2) is 0 Å². The zero-order valence-corrected chi connectivity index (χ0v) is 16.3. The molecule has 1 fully saturated rings. The second kappa shape index (κ2) is 6.54. The summed E-state index contributed by atoms with van der Waals surface area (Å²) in [6, 6.07) is 6.05. The van der Waals surface area contributed by atoms with E-state index in [0.29, 0.717) is 11.7 Å². The first-order valence-corrected chi connectivity index (χ1v) is 9.53. The molecule has 0 saturated carbocycles. The van der Waals surface area contributed by atoms with Gasteiger partial charge in [-0.05, 0) is 25.0 Å². The molecule has 0 aromatic carbocycles. The predicted molar refractivity (Wildman–Crippen MR) is 106 cm³/mol. The summed E-state index contributed by atoms with van der Waals surface area (Å²) in [6.07, 6.45) is 6.24. The van der Waals surface area contributed by atoms with Gasteiger partial charge in [0.1, 0.15) is 22.4 Å². The number of anilines is 1. The van der Waals surface area contributed by atoms with Gasteiger partial charge in [-0.1, -0.05) is 38.4 Å². The summed E-state index contributed by atoms with van der Waals surface area (Å²) in [6.45, 7) is 9.26. The monoisotopic (exact) mass is 369 g/mol. The molecule has 0 amide bonds. The molecule has 3 aromatic rings. The molecule has 0 aliphatic carbocycles. The Hall–Kier alpha value is -2.14. The van der Waals surface area contributed by atoms with Crippen LogP contribution in [0.5, 0.6) is 0 Å². The molecule has 5 nitrogen and oxygen atoms in total. The van der Waals surface area contributed by atoms with Gasteiger partial charge < -0.3 is 9.47 Å². The van der Waals surface area contributed by atoms with E-state index >= 15 is 0 Å². The number of nitrogens with zero attached hydrogens (tertiary/aromatic N) is 5. The number of hydrogen-bond acceptors (Lipinski definition) is 4. The summed E-state index contributed by atoms with van der Waals surface area (Å²) in [5, 5.41) is 1.65. The number of hydrogen-bond donors (Lipinski definition) is 0. The van der Waals surface area contributed by atoms with Gasteiger partial charge >= 0.3 is 0 Å². The Morgan fingerprint density at radius 2 is 1.88 bits per heavy atom. The van der Waals surface area contributed by atoms with Crippen LogP contribution in [0.15, 0.2) is 30.6 Å². The number of aromatic nitrogens is 4. The van der Waals surface area contributed by atoms with Crippen molar-refractivity contribution in [2.45, 2.75) is 45.6 Å². The molecule has 1 saturated heterocycles. The molecule has 0 spiro atoms. The summed E-state index contributed by atoms with van der Waals surface area (Å²) in [7, 11) is 0. The Morgan fingerprint density at radius 1 is 1.12 bits per heavy atom. The molecular formula is C20H24ClN5. The Morgan fingerprint density at radius 3 is 2.58 bits per heavy atom. The first-order valence-electron chi connectivity index (χ1n) is 9.15. The Labute approximate surface area is 159 Å². The van der Waals surface area contributed by atoms with Crippen molar-refractivity contribution in [3.05, 3.63) is 47.1 Å². The second-order valence-corrected chi connectivity index (χ2v) is 8.31. The van der Waals surface area contributed by atoms with Gasteiger partial charge in [0.2, 0.25) is 0 Å². The van der Waals surface area contributed by atoms with E-state index in [4.69, 9.17) is 21.6 Å². The van der Waals surface area contributed by atoms with Crippen LogP contribution in [0.2, 0.25) is 5.15 Å². The summed E-state index contributed by atoms with van der Waals surface area (Å²) in [4.78, 5) is 16.5. The lowest BCUT2D eigenvalue weighted by molar-refractivity contribution is 0.546. The highest BCUT2D eigenvalue weighted by atomic mass is 35.5. The molecular weight excluding hydrogens is 346 g/mol. The van der Waals surface area contributed by atoms with Gasteiger partial charge in [-0.25, -0.2) is 15.0 Å². The zero-order valence-electron chi connectivity index (χ0n) is 15.5. The maximum absolute atomic E-state index is 6.27. The second-order valence-electron chi connectivity index (χ2n) is 7.95. The van der Waals surface area contributed by atoms with E-state index in [0.717, 1.165) is 41.3 Å². The van der Waals surface area contributed by atoms with E-state index in [1.165, 1.54) is 12.8 Å². The van der Waals surface area contributed by atoms with Crippen molar-refractivity contribution in [1.29, 1.82) is 0 Å². The van der Waals surface area contributed by atoms with E-state index in [-0.39, 0.29) is 5.41 Å². The highest BCUT2D eigenvalue weighted by Crippen LogP contribution is 2.31. The molecule has 0 N–H and O–H groups in total. The van der Waals surface area contributed by atoms with Crippen LogP contribution in [0, 0.1) is 0 Å². The molecule has 4 rings (SSSR count). The molecule has 1 aliphatic rings. The molecule has 26 heavy (non-hydrogen) atoms. The summed E-state index contributed by atoms with van der Waals surface area (Å²) in [5.74, 6) is 1.94. The third kappa shape index (κ3) is 3.16. The van der Waals surface area contributed by atoms with Crippen LogP contribution in [-0.2, 0) is 12.0 Å². The average molecular weight is 370 g/mol. The fraction of sp³-hybridized carbons (Fsp3) is 0.450. The van der Waals surface area contributed by atoms with Crippen LogP contribution in [0.4, 0.5) is 5.82 Å². The van der Waals surface area contributed by atoms with Gasteiger partial charge in [-0.2, -0.15) is 0 Å². The van der Waals surface area contributed by atoms with Crippen molar-refractivity contribution in [2.24, 2.45) is 0 Å². The Kier molecular flexibility index (Phi) is 4.35. The van der Waals surface area contributed by atoms with Crippen LogP contribution in [0.3, 0.4) is 0 Å². The quantitative estimate of drug-likeness (QED) is 0.641. The standard InChI is InChI=1S/C20H24ClN5/c1-20(2,3)19-23-17(25-10-4-5-11-25)15-8-12-26(18(15)24-19)13-14-7-6-9-22-16(14)21/h6-9,12H,4-5,10-11,13H2,1-3H3. The summed E-state index contributed by atoms with van der Waals surface area (Å²) in [5.41, 5.74) is 1.85. The molecule has 6 heteroatoms. The third-order valence-electron chi connectivity index (χ3n) is 4.85. The number of halogens is 1. The van der Waals surface area contributed by atoms with Gasteiger partial charge in [-0.3, -0.25) is 0 Å². The van der Waals surface area contributed by atoms with E-state index in [2.05, 4.69) is 47.5 Å². The lowest BCUT2D eigenvalue weighted by Gasteiger charge is -2.22. The largest absolute Gasteiger partial charge is 0.356 e. The Bertz CT molecular complexity index is 935. The molecule has 136 valence electrons. The minimum absolute atomic E-state index is 0.107. The Balaban J connectivity index is 1.85.